The smallest absolute Gasteiger partial charge is 0.319 e. The zero-order valence-corrected chi connectivity index (χ0v) is 18.4. The van der Waals surface area contributed by atoms with Gasteiger partial charge in [-0.05, 0) is 35.7 Å². The fraction of sp³-hybridized carbons (Fsp3) is 0.273. The summed E-state index contributed by atoms with van der Waals surface area (Å²) < 4.78 is 26.3. The van der Waals surface area contributed by atoms with E-state index in [0.717, 1.165) is 0 Å². The number of benzene rings is 2. The summed E-state index contributed by atoms with van der Waals surface area (Å²) >= 11 is 0. The Bertz CT molecular complexity index is 990. The third-order valence-electron chi connectivity index (χ3n) is 4.29. The van der Waals surface area contributed by atoms with Gasteiger partial charge in [0.2, 0.25) is 15.9 Å². The summed E-state index contributed by atoms with van der Waals surface area (Å²) in [4.78, 5) is 25.0. The predicted molar refractivity (Wildman–Crippen MR) is 123 cm³/mol. The molecule has 0 heterocycles. The molecule has 1 unspecified atom stereocenters. The average molecular weight is 445 g/mol. The molecular formula is C22H28N4O4S. The summed E-state index contributed by atoms with van der Waals surface area (Å²) in [7, 11) is -3.46. The standard InChI is InChI=1S/C22H28N4O4S/c1-4-14-23-31(29,30)15-17-10-12-19(13-11-17)24-21(27)20(16(2)3)26-22(28)25-18-8-6-5-7-9-18/h4-13,16,20,23H,1,14-15H2,2-3H3,(H,24,27)(H2,25,26,28). The second kappa shape index (κ2) is 11.3. The van der Waals surface area contributed by atoms with Crippen molar-refractivity contribution in [2.24, 2.45) is 5.92 Å². The number of hydrogen-bond donors (Lipinski definition) is 4. The van der Waals surface area contributed by atoms with E-state index in [1.54, 1.807) is 48.5 Å². The monoisotopic (exact) mass is 444 g/mol. The molecule has 0 aliphatic rings. The Kier molecular flexibility index (Phi) is 8.77. The van der Waals surface area contributed by atoms with Crippen molar-refractivity contribution in [1.82, 2.24) is 10.0 Å². The Morgan fingerprint density at radius 2 is 1.58 bits per heavy atom. The summed E-state index contributed by atoms with van der Waals surface area (Å²) in [6.45, 7) is 7.30. The SMILES string of the molecule is C=CCNS(=O)(=O)Cc1ccc(NC(=O)C(NC(=O)Nc2ccccc2)C(C)C)cc1. The maximum atomic E-state index is 12.7. The van der Waals surface area contributed by atoms with E-state index in [2.05, 4.69) is 27.3 Å². The van der Waals surface area contributed by atoms with Crippen LogP contribution in [0.15, 0.2) is 67.3 Å². The summed E-state index contributed by atoms with van der Waals surface area (Å²) in [6.07, 6.45) is 1.47. The van der Waals surface area contributed by atoms with E-state index in [9.17, 15) is 18.0 Å². The van der Waals surface area contributed by atoms with Crippen LogP contribution in [0.2, 0.25) is 0 Å². The first-order valence-electron chi connectivity index (χ1n) is 9.81. The molecule has 0 radical (unpaired) electrons. The molecule has 0 spiro atoms. The summed E-state index contributed by atoms with van der Waals surface area (Å²) in [5.74, 6) is -0.696. The van der Waals surface area contributed by atoms with Gasteiger partial charge in [0, 0.05) is 17.9 Å². The van der Waals surface area contributed by atoms with Crippen LogP contribution >= 0.6 is 0 Å². The Morgan fingerprint density at radius 1 is 0.968 bits per heavy atom. The molecule has 0 saturated heterocycles. The fourth-order valence-electron chi connectivity index (χ4n) is 2.73. The van der Waals surface area contributed by atoms with Crippen LogP contribution in [-0.2, 0) is 20.6 Å². The van der Waals surface area contributed by atoms with Gasteiger partial charge >= 0.3 is 6.03 Å². The molecule has 1 atom stereocenters. The lowest BCUT2D eigenvalue weighted by Gasteiger charge is -2.22. The second-order valence-corrected chi connectivity index (χ2v) is 9.08. The van der Waals surface area contributed by atoms with Crippen molar-refractivity contribution in [2.75, 3.05) is 17.2 Å². The molecule has 0 fully saturated rings. The normalized spacial score (nSPS) is 12.1. The third-order valence-corrected chi connectivity index (χ3v) is 5.61. The maximum absolute atomic E-state index is 12.7. The molecule has 2 aromatic rings. The molecule has 31 heavy (non-hydrogen) atoms. The molecule has 0 aliphatic carbocycles. The first-order valence-corrected chi connectivity index (χ1v) is 11.5. The van der Waals surface area contributed by atoms with Crippen LogP contribution in [0.25, 0.3) is 0 Å². The lowest BCUT2D eigenvalue weighted by Crippen LogP contribution is -2.48. The van der Waals surface area contributed by atoms with Gasteiger partial charge in [-0.15, -0.1) is 6.58 Å². The topological polar surface area (TPSA) is 116 Å². The maximum Gasteiger partial charge on any atom is 0.319 e. The van der Waals surface area contributed by atoms with Crippen LogP contribution in [0.1, 0.15) is 19.4 Å². The predicted octanol–water partition coefficient (Wildman–Crippen LogP) is 3.08. The number of amides is 3. The van der Waals surface area contributed by atoms with Crippen molar-refractivity contribution in [3.8, 4) is 0 Å². The summed E-state index contributed by atoms with van der Waals surface area (Å²) in [5, 5.41) is 8.14. The number of nitrogens with one attached hydrogen (secondary N) is 4. The van der Waals surface area contributed by atoms with E-state index < -0.39 is 22.1 Å². The molecule has 0 bridgehead atoms. The van der Waals surface area contributed by atoms with Crippen LogP contribution < -0.4 is 20.7 Å². The van der Waals surface area contributed by atoms with Gasteiger partial charge in [-0.2, -0.15) is 0 Å². The van der Waals surface area contributed by atoms with Gasteiger partial charge in [0.25, 0.3) is 0 Å². The molecule has 0 aliphatic heterocycles. The Morgan fingerprint density at radius 3 is 2.16 bits per heavy atom. The molecule has 9 heteroatoms. The van der Waals surface area contributed by atoms with Gasteiger partial charge in [0.05, 0.1) is 5.75 Å². The minimum Gasteiger partial charge on any atom is -0.326 e. The van der Waals surface area contributed by atoms with E-state index in [1.165, 1.54) is 6.08 Å². The van der Waals surface area contributed by atoms with Gasteiger partial charge in [-0.25, -0.2) is 17.9 Å². The number of hydrogen-bond acceptors (Lipinski definition) is 4. The van der Waals surface area contributed by atoms with Gasteiger partial charge in [0.15, 0.2) is 0 Å². The molecule has 3 amide bonds. The number of para-hydroxylation sites is 1. The van der Waals surface area contributed by atoms with Crippen LogP contribution in [0.4, 0.5) is 16.2 Å². The Balaban J connectivity index is 1.97. The van der Waals surface area contributed by atoms with Crippen LogP contribution in [0, 0.1) is 5.92 Å². The molecule has 4 N–H and O–H groups in total. The number of urea groups is 1. The quantitative estimate of drug-likeness (QED) is 0.421. The number of rotatable bonds is 10. The largest absolute Gasteiger partial charge is 0.326 e. The Labute approximate surface area is 183 Å². The van der Waals surface area contributed by atoms with Crippen molar-refractivity contribution in [3.05, 3.63) is 72.8 Å². The first kappa shape index (κ1) is 24.1. The second-order valence-electron chi connectivity index (χ2n) is 7.27. The van der Waals surface area contributed by atoms with Gasteiger partial charge in [-0.3, -0.25) is 4.79 Å². The van der Waals surface area contributed by atoms with Crippen LogP contribution in [0.3, 0.4) is 0 Å². The minimum atomic E-state index is -3.46. The van der Waals surface area contributed by atoms with Crippen molar-refractivity contribution in [2.45, 2.75) is 25.6 Å². The van der Waals surface area contributed by atoms with E-state index in [0.29, 0.717) is 16.9 Å². The molecule has 8 nitrogen and oxygen atoms in total. The summed E-state index contributed by atoms with van der Waals surface area (Å²) in [5.41, 5.74) is 1.70. The van der Waals surface area contributed by atoms with E-state index >= 15 is 0 Å². The van der Waals surface area contributed by atoms with Crippen molar-refractivity contribution >= 4 is 33.3 Å². The molecule has 0 aromatic heterocycles. The molecule has 2 aromatic carbocycles. The van der Waals surface area contributed by atoms with Crippen LogP contribution in [-0.4, -0.2) is 32.9 Å². The Hall–Kier alpha value is -3.17. The molecule has 0 saturated carbocycles. The lowest BCUT2D eigenvalue weighted by molar-refractivity contribution is -0.118. The minimum absolute atomic E-state index is 0.151. The van der Waals surface area contributed by atoms with Crippen molar-refractivity contribution in [3.63, 3.8) is 0 Å². The zero-order chi connectivity index (χ0) is 22.9. The molecular weight excluding hydrogens is 416 g/mol. The number of carbonyl (C=O) groups excluding carboxylic acids is 2. The lowest BCUT2D eigenvalue weighted by atomic mass is 10.0. The van der Waals surface area contributed by atoms with Gasteiger partial charge < -0.3 is 16.0 Å². The molecule has 2 rings (SSSR count). The molecule has 166 valence electrons. The zero-order valence-electron chi connectivity index (χ0n) is 17.6. The number of carbonyl (C=O) groups is 2. The van der Waals surface area contributed by atoms with E-state index in [1.807, 2.05) is 19.9 Å². The van der Waals surface area contributed by atoms with E-state index in [4.69, 9.17) is 0 Å². The highest BCUT2D eigenvalue weighted by Gasteiger charge is 2.24. The highest BCUT2D eigenvalue weighted by molar-refractivity contribution is 7.88. The van der Waals surface area contributed by atoms with Gasteiger partial charge in [0.1, 0.15) is 6.04 Å². The van der Waals surface area contributed by atoms with Crippen molar-refractivity contribution in [1.29, 1.82) is 0 Å². The summed E-state index contributed by atoms with van der Waals surface area (Å²) in [6, 6.07) is 14.2. The van der Waals surface area contributed by atoms with Crippen LogP contribution in [0.5, 0.6) is 0 Å². The highest BCUT2D eigenvalue weighted by atomic mass is 32.2. The van der Waals surface area contributed by atoms with Crippen molar-refractivity contribution < 1.29 is 18.0 Å². The first-order chi connectivity index (χ1) is 14.7. The highest BCUT2D eigenvalue weighted by Crippen LogP contribution is 2.14. The number of sulfonamides is 1. The van der Waals surface area contributed by atoms with E-state index in [-0.39, 0.29) is 24.1 Å². The van der Waals surface area contributed by atoms with Gasteiger partial charge in [-0.1, -0.05) is 50.3 Å². The third kappa shape index (κ3) is 8.23. The average Bonchev–Trinajstić information content (AvgIpc) is 2.72. The fourth-order valence-corrected chi connectivity index (χ4v) is 3.83. The number of anilines is 2.